The van der Waals surface area contributed by atoms with E-state index in [1.54, 1.807) is 0 Å². The van der Waals surface area contributed by atoms with Crippen molar-refractivity contribution in [1.29, 1.82) is 0 Å². The Morgan fingerprint density at radius 3 is 3.05 bits per heavy atom. The van der Waals surface area contributed by atoms with E-state index in [2.05, 4.69) is 15.6 Å². The molecule has 0 bridgehead atoms. The number of pyridine rings is 1. The number of anilines is 1. The van der Waals surface area contributed by atoms with E-state index in [0.717, 1.165) is 40.2 Å². The number of amides is 2. The Balaban J connectivity index is 1.78. The normalized spacial score (nSPS) is 18.1. The summed E-state index contributed by atoms with van der Waals surface area (Å²) in [6.07, 6.45) is 1.05. The summed E-state index contributed by atoms with van der Waals surface area (Å²) in [7, 11) is 0. The van der Waals surface area contributed by atoms with Gasteiger partial charge in [0.05, 0.1) is 11.2 Å². The second-order valence-corrected chi connectivity index (χ2v) is 6.13. The van der Waals surface area contributed by atoms with Crippen LogP contribution in [0.3, 0.4) is 0 Å². The molecule has 0 radical (unpaired) electrons. The lowest BCUT2D eigenvalue weighted by Crippen LogP contribution is -2.37. The largest absolute Gasteiger partial charge is 0.334 e. The molecule has 3 rings (SSSR count). The maximum absolute atomic E-state index is 12.0. The number of aryl methyl sites for hydroxylation is 1. The first-order valence-corrected chi connectivity index (χ1v) is 7.89. The van der Waals surface area contributed by atoms with Crippen LogP contribution in [0.25, 0.3) is 10.9 Å². The van der Waals surface area contributed by atoms with Crippen molar-refractivity contribution >= 4 is 34.4 Å². The van der Waals surface area contributed by atoms with Crippen molar-refractivity contribution in [2.45, 2.75) is 19.4 Å². The Morgan fingerprint density at radius 2 is 2.25 bits per heavy atom. The first-order valence-electron chi connectivity index (χ1n) is 6.74. The molecule has 1 aliphatic rings. The van der Waals surface area contributed by atoms with E-state index in [-0.39, 0.29) is 12.1 Å². The monoisotopic (exact) mass is 287 g/mol. The van der Waals surface area contributed by atoms with E-state index in [1.807, 2.05) is 49.0 Å². The minimum absolute atomic E-state index is 0.134. The lowest BCUT2D eigenvalue weighted by Gasteiger charge is -2.13. The zero-order valence-electron chi connectivity index (χ0n) is 11.3. The van der Waals surface area contributed by atoms with Gasteiger partial charge in [-0.05, 0) is 43.4 Å². The van der Waals surface area contributed by atoms with Crippen molar-refractivity contribution in [1.82, 2.24) is 10.3 Å². The Bertz CT molecular complexity index is 638. The Hall–Kier alpha value is -1.75. The molecular weight excluding hydrogens is 270 g/mol. The number of nitrogens with one attached hydrogen (secondary N) is 2. The molecule has 5 heteroatoms. The third-order valence-electron chi connectivity index (χ3n) is 3.38. The van der Waals surface area contributed by atoms with Crippen LogP contribution in [-0.4, -0.2) is 28.6 Å². The minimum Gasteiger partial charge on any atom is -0.334 e. The third-order valence-corrected chi connectivity index (χ3v) is 4.55. The standard InChI is InChI=1S/C15H17N3OS/c1-10-5-6-12-13(16-10)3-2-4-14(12)18-15(19)17-11-7-8-20-9-11/h2-6,11H,7-9H2,1H3,(H2,17,18,19)/t11-/m0/s1. The van der Waals surface area contributed by atoms with Crippen LogP contribution < -0.4 is 10.6 Å². The van der Waals surface area contributed by atoms with Crippen LogP contribution in [0.5, 0.6) is 0 Å². The van der Waals surface area contributed by atoms with Gasteiger partial charge in [0.15, 0.2) is 0 Å². The molecule has 2 heterocycles. The molecule has 0 saturated carbocycles. The van der Waals surface area contributed by atoms with Crippen LogP contribution in [0.15, 0.2) is 30.3 Å². The van der Waals surface area contributed by atoms with Gasteiger partial charge in [-0.1, -0.05) is 6.07 Å². The summed E-state index contributed by atoms with van der Waals surface area (Å²) in [5.41, 5.74) is 2.68. The Kier molecular flexibility index (Phi) is 3.78. The second-order valence-electron chi connectivity index (χ2n) is 4.98. The fourth-order valence-electron chi connectivity index (χ4n) is 2.36. The summed E-state index contributed by atoms with van der Waals surface area (Å²) < 4.78 is 0. The summed E-state index contributed by atoms with van der Waals surface area (Å²) in [6.45, 7) is 1.96. The van der Waals surface area contributed by atoms with Crippen molar-refractivity contribution in [3.8, 4) is 0 Å². The van der Waals surface area contributed by atoms with Gasteiger partial charge >= 0.3 is 6.03 Å². The van der Waals surface area contributed by atoms with Gasteiger partial charge in [0.2, 0.25) is 0 Å². The first-order chi connectivity index (χ1) is 9.72. The molecule has 2 amide bonds. The van der Waals surface area contributed by atoms with E-state index in [1.165, 1.54) is 0 Å². The molecule has 1 saturated heterocycles. The Morgan fingerprint density at radius 1 is 1.35 bits per heavy atom. The Labute approximate surface area is 122 Å². The van der Waals surface area contributed by atoms with Crippen molar-refractivity contribution in [2.75, 3.05) is 16.8 Å². The number of thioether (sulfide) groups is 1. The van der Waals surface area contributed by atoms with Crippen molar-refractivity contribution in [3.63, 3.8) is 0 Å². The first kappa shape index (κ1) is 13.2. The molecule has 2 N–H and O–H groups in total. The number of carbonyl (C=O) groups is 1. The number of aromatic nitrogens is 1. The number of hydrogen-bond acceptors (Lipinski definition) is 3. The molecular formula is C15H17N3OS. The maximum Gasteiger partial charge on any atom is 0.319 e. The number of benzene rings is 1. The molecule has 1 atom stereocenters. The SMILES string of the molecule is Cc1ccc2c(NC(=O)N[C@H]3CCSC3)cccc2n1. The molecule has 0 aliphatic carbocycles. The molecule has 1 fully saturated rings. The highest BCUT2D eigenvalue weighted by atomic mass is 32.2. The van der Waals surface area contributed by atoms with Gasteiger partial charge in [0.1, 0.15) is 0 Å². The van der Waals surface area contributed by atoms with Crippen LogP contribution in [0.2, 0.25) is 0 Å². The third kappa shape index (κ3) is 2.88. The lowest BCUT2D eigenvalue weighted by molar-refractivity contribution is 0.249. The summed E-state index contributed by atoms with van der Waals surface area (Å²) >= 11 is 1.88. The zero-order chi connectivity index (χ0) is 13.9. The van der Waals surface area contributed by atoms with E-state index < -0.39 is 0 Å². The predicted molar refractivity (Wildman–Crippen MR) is 84.4 cm³/mol. The van der Waals surface area contributed by atoms with Gasteiger partial charge in [-0.3, -0.25) is 4.98 Å². The number of fused-ring (bicyclic) bond motifs is 1. The maximum atomic E-state index is 12.0. The molecule has 0 unspecified atom stereocenters. The van der Waals surface area contributed by atoms with E-state index in [4.69, 9.17) is 0 Å². The average molecular weight is 287 g/mol. The fourth-order valence-corrected chi connectivity index (χ4v) is 3.51. The van der Waals surface area contributed by atoms with E-state index >= 15 is 0 Å². The minimum atomic E-state index is -0.134. The number of carbonyl (C=O) groups excluding carboxylic acids is 1. The molecule has 20 heavy (non-hydrogen) atoms. The van der Waals surface area contributed by atoms with Gasteiger partial charge < -0.3 is 10.6 Å². The molecule has 104 valence electrons. The highest BCUT2D eigenvalue weighted by Gasteiger charge is 2.17. The molecule has 1 aliphatic heterocycles. The molecule has 1 aromatic heterocycles. The average Bonchev–Trinajstić information content (AvgIpc) is 2.91. The van der Waals surface area contributed by atoms with Gasteiger partial charge in [0, 0.05) is 22.9 Å². The number of nitrogens with zero attached hydrogens (tertiary/aromatic N) is 1. The highest BCUT2D eigenvalue weighted by Crippen LogP contribution is 2.22. The molecule has 0 spiro atoms. The van der Waals surface area contributed by atoms with Gasteiger partial charge in [-0.15, -0.1) is 0 Å². The van der Waals surface area contributed by atoms with Crippen LogP contribution in [0.1, 0.15) is 12.1 Å². The summed E-state index contributed by atoms with van der Waals surface area (Å²) in [5, 5.41) is 6.91. The van der Waals surface area contributed by atoms with Gasteiger partial charge in [0.25, 0.3) is 0 Å². The van der Waals surface area contributed by atoms with Gasteiger partial charge in [-0.2, -0.15) is 11.8 Å². The van der Waals surface area contributed by atoms with Crippen molar-refractivity contribution in [2.24, 2.45) is 0 Å². The number of urea groups is 1. The lowest BCUT2D eigenvalue weighted by atomic mass is 10.1. The van der Waals surface area contributed by atoms with Crippen LogP contribution in [0.4, 0.5) is 10.5 Å². The zero-order valence-corrected chi connectivity index (χ0v) is 12.2. The summed E-state index contributed by atoms with van der Waals surface area (Å²) in [5.74, 6) is 2.13. The van der Waals surface area contributed by atoms with Crippen molar-refractivity contribution in [3.05, 3.63) is 36.0 Å². The van der Waals surface area contributed by atoms with Crippen LogP contribution >= 0.6 is 11.8 Å². The molecule has 4 nitrogen and oxygen atoms in total. The molecule has 1 aromatic carbocycles. The second kappa shape index (κ2) is 5.71. The topological polar surface area (TPSA) is 54.0 Å². The van der Waals surface area contributed by atoms with E-state index in [0.29, 0.717) is 0 Å². The molecule has 2 aromatic rings. The summed E-state index contributed by atoms with van der Waals surface area (Å²) in [6, 6.07) is 9.88. The van der Waals surface area contributed by atoms with Crippen LogP contribution in [-0.2, 0) is 0 Å². The van der Waals surface area contributed by atoms with E-state index in [9.17, 15) is 4.79 Å². The number of rotatable bonds is 2. The van der Waals surface area contributed by atoms with Crippen molar-refractivity contribution < 1.29 is 4.79 Å². The summed E-state index contributed by atoms with van der Waals surface area (Å²) in [4.78, 5) is 16.5. The predicted octanol–water partition coefficient (Wildman–Crippen LogP) is 3.17. The smallest absolute Gasteiger partial charge is 0.319 e. The quantitative estimate of drug-likeness (QED) is 0.892. The number of hydrogen-bond donors (Lipinski definition) is 2. The van der Waals surface area contributed by atoms with Gasteiger partial charge in [-0.25, -0.2) is 4.79 Å². The fraction of sp³-hybridized carbons (Fsp3) is 0.333. The highest BCUT2D eigenvalue weighted by molar-refractivity contribution is 7.99. The van der Waals surface area contributed by atoms with Crippen LogP contribution in [0, 0.1) is 6.92 Å².